The Hall–Kier alpha value is -1.92. The predicted molar refractivity (Wildman–Crippen MR) is 99.8 cm³/mol. The lowest BCUT2D eigenvalue weighted by atomic mass is 9.87. The van der Waals surface area contributed by atoms with Crippen LogP contribution in [0.1, 0.15) is 37.0 Å². The van der Waals surface area contributed by atoms with E-state index in [-0.39, 0.29) is 35.2 Å². The molecule has 0 atom stereocenters. The summed E-state index contributed by atoms with van der Waals surface area (Å²) < 4.78 is 0. The van der Waals surface area contributed by atoms with Gasteiger partial charge in [-0.15, -0.1) is 0 Å². The number of carbonyl (C=O) groups is 3. The molecule has 140 valence electrons. The minimum absolute atomic E-state index is 0.175. The van der Waals surface area contributed by atoms with Crippen molar-refractivity contribution in [1.29, 1.82) is 0 Å². The average Bonchev–Trinajstić information content (AvgIpc) is 2.58. The summed E-state index contributed by atoms with van der Waals surface area (Å²) >= 11 is 11.9. The minimum atomic E-state index is -0.953. The Morgan fingerprint density at radius 2 is 1.88 bits per heavy atom. The Morgan fingerprint density at radius 1 is 1.23 bits per heavy atom. The third-order valence-corrected chi connectivity index (χ3v) is 4.48. The molecule has 8 heteroatoms. The van der Waals surface area contributed by atoms with E-state index in [9.17, 15) is 14.4 Å². The molecule has 1 aromatic carbocycles. The van der Waals surface area contributed by atoms with E-state index in [4.69, 9.17) is 28.0 Å². The van der Waals surface area contributed by atoms with Gasteiger partial charge < -0.3 is 9.74 Å². The summed E-state index contributed by atoms with van der Waals surface area (Å²) in [5.74, 6) is -2.17. The Morgan fingerprint density at radius 3 is 2.42 bits per heavy atom. The Bertz CT molecular complexity index is 731. The van der Waals surface area contributed by atoms with E-state index in [1.54, 1.807) is 6.92 Å². The standard InChI is InChI=1S/C18H20Cl2N2O4/c1-3-5-14(21-26-4-2)17-15(23)9-22(10-16(17)24)18(25)12-7-6-11(19)8-13(12)20/h6-8,17H,3-5,9-10H2,1-2H3. The van der Waals surface area contributed by atoms with E-state index in [1.165, 1.54) is 23.1 Å². The van der Waals surface area contributed by atoms with Crippen LogP contribution in [-0.4, -0.2) is 47.8 Å². The van der Waals surface area contributed by atoms with Gasteiger partial charge in [0.2, 0.25) is 0 Å². The highest BCUT2D eigenvalue weighted by molar-refractivity contribution is 6.37. The Labute approximate surface area is 162 Å². The van der Waals surface area contributed by atoms with Crippen LogP contribution >= 0.6 is 23.2 Å². The van der Waals surface area contributed by atoms with Crippen molar-refractivity contribution in [2.24, 2.45) is 11.1 Å². The summed E-state index contributed by atoms with van der Waals surface area (Å²) in [6.45, 7) is 3.69. The van der Waals surface area contributed by atoms with Gasteiger partial charge in [0.05, 0.1) is 29.4 Å². The lowest BCUT2D eigenvalue weighted by Gasteiger charge is -2.30. The van der Waals surface area contributed by atoms with Crippen LogP contribution in [0.2, 0.25) is 10.0 Å². The topological polar surface area (TPSA) is 76.0 Å². The molecule has 0 unspecified atom stereocenters. The SMILES string of the molecule is CCCC(=NOCC)C1C(=O)CN(C(=O)c2ccc(Cl)cc2Cl)CC1=O. The van der Waals surface area contributed by atoms with Gasteiger partial charge in [0, 0.05) is 5.02 Å². The molecule has 1 heterocycles. The fourth-order valence-electron chi connectivity index (χ4n) is 2.79. The largest absolute Gasteiger partial charge is 0.396 e. The molecule has 0 aromatic heterocycles. The van der Waals surface area contributed by atoms with Gasteiger partial charge in [-0.1, -0.05) is 41.7 Å². The number of likely N-dealkylation sites (tertiary alicyclic amines) is 1. The summed E-state index contributed by atoms with van der Waals surface area (Å²) in [5.41, 5.74) is 0.618. The van der Waals surface area contributed by atoms with Crippen molar-refractivity contribution in [3.8, 4) is 0 Å². The number of amides is 1. The molecule has 1 fully saturated rings. The van der Waals surface area contributed by atoms with Gasteiger partial charge in [0.25, 0.3) is 5.91 Å². The van der Waals surface area contributed by atoms with E-state index in [0.717, 1.165) is 6.42 Å². The van der Waals surface area contributed by atoms with E-state index in [0.29, 0.717) is 23.8 Å². The second kappa shape index (κ2) is 9.14. The van der Waals surface area contributed by atoms with E-state index < -0.39 is 11.8 Å². The summed E-state index contributed by atoms with van der Waals surface area (Å²) in [5, 5.41) is 4.52. The number of rotatable bonds is 6. The lowest BCUT2D eigenvalue weighted by Crippen LogP contribution is -2.52. The summed E-state index contributed by atoms with van der Waals surface area (Å²) in [4.78, 5) is 44.0. The van der Waals surface area contributed by atoms with Gasteiger partial charge >= 0.3 is 0 Å². The zero-order chi connectivity index (χ0) is 19.3. The number of ketones is 2. The monoisotopic (exact) mass is 398 g/mol. The Kier molecular flexibility index (Phi) is 7.17. The normalized spacial score (nSPS) is 16.2. The highest BCUT2D eigenvalue weighted by Gasteiger charge is 2.39. The quantitative estimate of drug-likeness (QED) is 0.418. The number of carbonyl (C=O) groups excluding carboxylic acids is 3. The molecule has 1 aromatic rings. The first kappa shape index (κ1) is 20.4. The molecule has 0 saturated carbocycles. The van der Waals surface area contributed by atoms with Crippen molar-refractivity contribution in [2.45, 2.75) is 26.7 Å². The number of hydrogen-bond donors (Lipinski definition) is 0. The van der Waals surface area contributed by atoms with E-state index >= 15 is 0 Å². The highest BCUT2D eigenvalue weighted by Crippen LogP contribution is 2.24. The zero-order valence-corrected chi connectivity index (χ0v) is 16.1. The van der Waals surface area contributed by atoms with Crippen molar-refractivity contribution >= 4 is 46.4 Å². The first-order valence-electron chi connectivity index (χ1n) is 8.37. The van der Waals surface area contributed by atoms with Crippen LogP contribution < -0.4 is 0 Å². The fraction of sp³-hybridized carbons (Fsp3) is 0.444. The van der Waals surface area contributed by atoms with Crippen molar-refractivity contribution in [2.75, 3.05) is 19.7 Å². The average molecular weight is 399 g/mol. The minimum Gasteiger partial charge on any atom is -0.396 e. The van der Waals surface area contributed by atoms with Gasteiger partial charge in [-0.2, -0.15) is 0 Å². The maximum atomic E-state index is 12.6. The van der Waals surface area contributed by atoms with Crippen LogP contribution in [0, 0.1) is 5.92 Å². The van der Waals surface area contributed by atoms with Crippen LogP contribution in [0.4, 0.5) is 0 Å². The summed E-state index contributed by atoms with van der Waals surface area (Å²) in [6, 6.07) is 4.46. The van der Waals surface area contributed by atoms with Gasteiger partial charge in [-0.3, -0.25) is 14.4 Å². The number of oxime groups is 1. The molecule has 1 amide bonds. The van der Waals surface area contributed by atoms with Gasteiger partial charge in [-0.25, -0.2) is 0 Å². The number of halogens is 2. The van der Waals surface area contributed by atoms with Crippen molar-refractivity contribution in [1.82, 2.24) is 4.90 Å². The first-order valence-corrected chi connectivity index (χ1v) is 9.13. The number of Topliss-reactive ketones (excluding diaryl/α,β-unsaturated/α-hetero) is 2. The van der Waals surface area contributed by atoms with Gasteiger partial charge in [-0.05, 0) is 31.5 Å². The molecule has 0 spiro atoms. The third kappa shape index (κ3) is 4.62. The second-order valence-corrected chi connectivity index (χ2v) is 6.75. The molecule has 0 radical (unpaired) electrons. The molecule has 2 rings (SSSR count). The maximum Gasteiger partial charge on any atom is 0.256 e. The second-order valence-electron chi connectivity index (χ2n) is 5.90. The van der Waals surface area contributed by atoms with Crippen molar-refractivity contribution < 1.29 is 19.2 Å². The molecule has 0 bridgehead atoms. The number of benzene rings is 1. The van der Waals surface area contributed by atoms with Crippen LogP contribution in [0.25, 0.3) is 0 Å². The number of piperidine rings is 1. The van der Waals surface area contributed by atoms with Gasteiger partial charge in [0.15, 0.2) is 11.6 Å². The molecular weight excluding hydrogens is 379 g/mol. The molecular formula is C18H20Cl2N2O4. The molecule has 0 N–H and O–H groups in total. The zero-order valence-electron chi connectivity index (χ0n) is 14.6. The summed E-state index contributed by atoms with van der Waals surface area (Å²) in [6.07, 6.45) is 1.21. The van der Waals surface area contributed by atoms with E-state index in [2.05, 4.69) is 5.16 Å². The van der Waals surface area contributed by atoms with Crippen LogP contribution in [0.5, 0.6) is 0 Å². The molecule has 6 nitrogen and oxygen atoms in total. The highest BCUT2D eigenvalue weighted by atomic mass is 35.5. The smallest absolute Gasteiger partial charge is 0.256 e. The maximum absolute atomic E-state index is 12.6. The molecule has 26 heavy (non-hydrogen) atoms. The number of hydrogen-bond acceptors (Lipinski definition) is 5. The predicted octanol–water partition coefficient (Wildman–Crippen LogP) is 3.40. The fourth-order valence-corrected chi connectivity index (χ4v) is 3.28. The number of nitrogens with zero attached hydrogens (tertiary/aromatic N) is 2. The summed E-state index contributed by atoms with van der Waals surface area (Å²) in [7, 11) is 0. The molecule has 1 saturated heterocycles. The third-order valence-electron chi connectivity index (χ3n) is 3.94. The van der Waals surface area contributed by atoms with E-state index in [1.807, 2.05) is 6.92 Å². The molecule has 1 aliphatic rings. The van der Waals surface area contributed by atoms with Crippen molar-refractivity contribution in [3.63, 3.8) is 0 Å². The molecule has 1 aliphatic heterocycles. The molecule has 0 aliphatic carbocycles. The van der Waals surface area contributed by atoms with Gasteiger partial charge in [0.1, 0.15) is 12.5 Å². The van der Waals surface area contributed by atoms with Crippen molar-refractivity contribution in [3.05, 3.63) is 33.8 Å². The van der Waals surface area contributed by atoms with Crippen LogP contribution in [-0.2, 0) is 14.4 Å². The lowest BCUT2D eigenvalue weighted by molar-refractivity contribution is -0.134. The van der Waals surface area contributed by atoms with Crippen LogP contribution in [0.15, 0.2) is 23.4 Å². The first-order chi connectivity index (χ1) is 12.4. The van der Waals surface area contributed by atoms with Crippen LogP contribution in [0.3, 0.4) is 0 Å². The Balaban J connectivity index is 2.20.